The molecule has 1 heterocycles. The van der Waals surface area contributed by atoms with Gasteiger partial charge in [0.25, 0.3) is 0 Å². The fraction of sp³-hybridized carbons (Fsp3) is 0.909. The van der Waals surface area contributed by atoms with Crippen molar-refractivity contribution in [2.24, 2.45) is 0 Å². The number of nitrogens with one attached hydrogen (secondary N) is 1. The molecular weight excluding hydrogens is 192 g/mol. The van der Waals surface area contributed by atoms with Gasteiger partial charge in [-0.1, -0.05) is 6.92 Å². The molecule has 0 saturated carbocycles. The second kappa shape index (κ2) is 7.65. The molecule has 15 heavy (non-hydrogen) atoms. The van der Waals surface area contributed by atoms with Crippen molar-refractivity contribution in [3.8, 4) is 0 Å². The lowest BCUT2D eigenvalue weighted by molar-refractivity contribution is -0.132. The van der Waals surface area contributed by atoms with Crippen molar-refractivity contribution in [3.05, 3.63) is 0 Å². The summed E-state index contributed by atoms with van der Waals surface area (Å²) in [6, 6.07) is 0. The Bertz CT molecular complexity index is 175. The van der Waals surface area contributed by atoms with Gasteiger partial charge in [-0.3, -0.25) is 4.79 Å². The van der Waals surface area contributed by atoms with Crippen LogP contribution in [0.15, 0.2) is 0 Å². The maximum Gasteiger partial charge on any atom is 0.222 e. The van der Waals surface area contributed by atoms with E-state index in [1.807, 2.05) is 11.8 Å². The highest BCUT2D eigenvalue weighted by Crippen LogP contribution is 2.00. The van der Waals surface area contributed by atoms with Crippen LogP contribution in [0.3, 0.4) is 0 Å². The van der Waals surface area contributed by atoms with Gasteiger partial charge in [0.05, 0.1) is 13.2 Å². The SMILES string of the molecule is CCCC(=O)N1CCCNCCOCC1. The molecule has 4 heteroatoms. The van der Waals surface area contributed by atoms with Crippen LogP contribution in [-0.4, -0.2) is 50.2 Å². The standard InChI is InChI=1S/C11H22N2O2/c1-2-4-11(14)13-7-3-5-12-6-9-15-10-8-13/h12H,2-10H2,1H3. The first-order chi connectivity index (χ1) is 7.34. The van der Waals surface area contributed by atoms with E-state index in [0.717, 1.165) is 45.6 Å². The summed E-state index contributed by atoms with van der Waals surface area (Å²) >= 11 is 0. The molecule has 1 fully saturated rings. The lowest BCUT2D eigenvalue weighted by Gasteiger charge is -2.24. The van der Waals surface area contributed by atoms with Crippen molar-refractivity contribution in [1.29, 1.82) is 0 Å². The molecule has 1 aliphatic heterocycles. The molecule has 0 atom stereocenters. The van der Waals surface area contributed by atoms with Crippen LogP contribution < -0.4 is 5.32 Å². The summed E-state index contributed by atoms with van der Waals surface area (Å²) < 4.78 is 5.41. The van der Waals surface area contributed by atoms with E-state index in [4.69, 9.17) is 4.74 Å². The number of amides is 1. The molecule has 0 aliphatic carbocycles. The topological polar surface area (TPSA) is 41.6 Å². The molecule has 1 saturated heterocycles. The predicted octanol–water partition coefficient (Wildman–Crippen LogP) is 0.625. The molecule has 1 amide bonds. The van der Waals surface area contributed by atoms with E-state index in [9.17, 15) is 4.79 Å². The molecule has 1 N–H and O–H groups in total. The van der Waals surface area contributed by atoms with Crippen molar-refractivity contribution in [2.75, 3.05) is 39.4 Å². The third-order valence-corrected chi connectivity index (χ3v) is 2.53. The highest BCUT2D eigenvalue weighted by atomic mass is 16.5. The van der Waals surface area contributed by atoms with Crippen LogP contribution in [-0.2, 0) is 9.53 Å². The van der Waals surface area contributed by atoms with Gasteiger partial charge in [0, 0.05) is 26.1 Å². The third kappa shape index (κ3) is 5.14. The zero-order valence-corrected chi connectivity index (χ0v) is 9.63. The van der Waals surface area contributed by atoms with E-state index in [1.54, 1.807) is 0 Å². The summed E-state index contributed by atoms with van der Waals surface area (Å²) in [4.78, 5) is 13.6. The van der Waals surface area contributed by atoms with Crippen molar-refractivity contribution in [2.45, 2.75) is 26.2 Å². The number of hydrogen-bond donors (Lipinski definition) is 1. The Hall–Kier alpha value is -0.610. The molecule has 0 aromatic heterocycles. The largest absolute Gasteiger partial charge is 0.378 e. The summed E-state index contributed by atoms with van der Waals surface area (Å²) in [7, 11) is 0. The van der Waals surface area contributed by atoms with E-state index in [-0.39, 0.29) is 5.91 Å². The highest BCUT2D eigenvalue weighted by Gasteiger charge is 2.12. The predicted molar refractivity (Wildman–Crippen MR) is 59.8 cm³/mol. The Kier molecular flexibility index (Phi) is 6.36. The van der Waals surface area contributed by atoms with Crippen LogP contribution in [0.4, 0.5) is 0 Å². The van der Waals surface area contributed by atoms with Gasteiger partial charge in [0.2, 0.25) is 5.91 Å². The van der Waals surface area contributed by atoms with Gasteiger partial charge in [0.1, 0.15) is 0 Å². The summed E-state index contributed by atoms with van der Waals surface area (Å²) in [5.74, 6) is 0.265. The fourth-order valence-corrected chi connectivity index (χ4v) is 1.67. The maximum absolute atomic E-state index is 11.7. The second-order valence-corrected chi connectivity index (χ2v) is 3.85. The normalized spacial score (nSPS) is 19.9. The summed E-state index contributed by atoms with van der Waals surface area (Å²) in [6.45, 7) is 6.94. The first-order valence-corrected chi connectivity index (χ1v) is 5.91. The van der Waals surface area contributed by atoms with E-state index in [2.05, 4.69) is 5.32 Å². The molecular formula is C11H22N2O2. The molecule has 0 aromatic rings. The van der Waals surface area contributed by atoms with Crippen molar-refractivity contribution >= 4 is 5.91 Å². The number of carbonyl (C=O) groups is 1. The van der Waals surface area contributed by atoms with Crippen LogP contribution in [0.2, 0.25) is 0 Å². The van der Waals surface area contributed by atoms with E-state index in [0.29, 0.717) is 13.0 Å². The summed E-state index contributed by atoms with van der Waals surface area (Å²) in [5, 5.41) is 3.28. The van der Waals surface area contributed by atoms with Crippen LogP contribution >= 0.6 is 0 Å². The quantitative estimate of drug-likeness (QED) is 0.733. The third-order valence-electron chi connectivity index (χ3n) is 2.53. The van der Waals surface area contributed by atoms with Crippen molar-refractivity contribution in [1.82, 2.24) is 10.2 Å². The lowest BCUT2D eigenvalue weighted by Crippen LogP contribution is -2.37. The minimum Gasteiger partial charge on any atom is -0.378 e. The van der Waals surface area contributed by atoms with E-state index in [1.165, 1.54) is 0 Å². The Morgan fingerprint density at radius 1 is 1.33 bits per heavy atom. The second-order valence-electron chi connectivity index (χ2n) is 3.85. The zero-order chi connectivity index (χ0) is 10.9. The Balaban J connectivity index is 2.34. The van der Waals surface area contributed by atoms with E-state index < -0.39 is 0 Å². The number of hydrogen-bond acceptors (Lipinski definition) is 3. The number of ether oxygens (including phenoxy) is 1. The minimum absolute atomic E-state index is 0.265. The Morgan fingerprint density at radius 2 is 2.20 bits per heavy atom. The molecule has 0 unspecified atom stereocenters. The van der Waals surface area contributed by atoms with Gasteiger partial charge in [-0.15, -0.1) is 0 Å². The molecule has 0 bridgehead atoms. The zero-order valence-electron chi connectivity index (χ0n) is 9.63. The minimum atomic E-state index is 0.265. The average Bonchev–Trinajstić information content (AvgIpc) is 2.26. The van der Waals surface area contributed by atoms with Gasteiger partial charge in [-0.2, -0.15) is 0 Å². The summed E-state index contributed by atoms with van der Waals surface area (Å²) in [5.41, 5.74) is 0. The van der Waals surface area contributed by atoms with Crippen molar-refractivity contribution < 1.29 is 9.53 Å². The molecule has 1 aliphatic rings. The monoisotopic (exact) mass is 214 g/mol. The molecule has 0 spiro atoms. The van der Waals surface area contributed by atoms with Gasteiger partial charge >= 0.3 is 0 Å². The Morgan fingerprint density at radius 3 is 3.00 bits per heavy atom. The van der Waals surface area contributed by atoms with Crippen LogP contribution in [0.25, 0.3) is 0 Å². The molecule has 4 nitrogen and oxygen atoms in total. The maximum atomic E-state index is 11.7. The molecule has 88 valence electrons. The van der Waals surface area contributed by atoms with E-state index >= 15 is 0 Å². The first kappa shape index (κ1) is 12.5. The summed E-state index contributed by atoms with van der Waals surface area (Å²) in [6.07, 6.45) is 2.62. The molecule has 0 aromatic carbocycles. The van der Waals surface area contributed by atoms with Crippen LogP contribution in [0.1, 0.15) is 26.2 Å². The number of rotatable bonds is 2. The fourth-order valence-electron chi connectivity index (χ4n) is 1.67. The highest BCUT2D eigenvalue weighted by molar-refractivity contribution is 5.76. The lowest BCUT2D eigenvalue weighted by atomic mass is 10.2. The molecule has 1 rings (SSSR count). The smallest absolute Gasteiger partial charge is 0.222 e. The van der Waals surface area contributed by atoms with Gasteiger partial charge < -0.3 is 15.0 Å². The number of carbonyl (C=O) groups excluding carboxylic acids is 1. The number of nitrogens with zero attached hydrogens (tertiary/aromatic N) is 1. The van der Waals surface area contributed by atoms with Gasteiger partial charge in [-0.05, 0) is 19.4 Å². The first-order valence-electron chi connectivity index (χ1n) is 5.91. The van der Waals surface area contributed by atoms with Gasteiger partial charge in [0.15, 0.2) is 0 Å². The average molecular weight is 214 g/mol. The van der Waals surface area contributed by atoms with Gasteiger partial charge in [-0.25, -0.2) is 0 Å². The van der Waals surface area contributed by atoms with Crippen molar-refractivity contribution in [3.63, 3.8) is 0 Å². The van der Waals surface area contributed by atoms with Crippen LogP contribution in [0.5, 0.6) is 0 Å². The molecule has 0 radical (unpaired) electrons. The van der Waals surface area contributed by atoms with Crippen LogP contribution in [0, 0.1) is 0 Å². The Labute approximate surface area is 92.0 Å².